The first-order valence-electron chi connectivity index (χ1n) is 18.4. The van der Waals surface area contributed by atoms with E-state index in [4.69, 9.17) is 4.98 Å². The van der Waals surface area contributed by atoms with E-state index in [0.717, 1.165) is 105 Å². The number of halogens is 3. The predicted octanol–water partition coefficient (Wildman–Crippen LogP) is 6.75. The number of nitriles is 1. The molecule has 0 aliphatic carbocycles. The molecule has 1 spiro atoms. The zero-order chi connectivity index (χ0) is 36.8. The van der Waals surface area contributed by atoms with Gasteiger partial charge in [-0.25, -0.2) is 9.97 Å². The molecule has 3 saturated heterocycles. The third kappa shape index (κ3) is 7.43. The largest absolute Gasteiger partial charge is 0.393 e. The molecule has 276 valence electrons. The minimum Gasteiger partial charge on any atom is -0.355 e. The molecular formula is C39H47F3N8OS. The number of hydrogen-bond acceptors (Lipinski definition) is 8. The van der Waals surface area contributed by atoms with Crippen molar-refractivity contribution in [3.63, 3.8) is 0 Å². The summed E-state index contributed by atoms with van der Waals surface area (Å²) in [7, 11) is 0. The van der Waals surface area contributed by atoms with Crippen molar-refractivity contribution in [2.24, 2.45) is 5.41 Å². The van der Waals surface area contributed by atoms with Crippen LogP contribution in [-0.2, 0) is 30.7 Å². The number of carbonyl (C=O) groups excluding carboxylic acids is 1. The minimum atomic E-state index is -4.26. The van der Waals surface area contributed by atoms with Crippen LogP contribution in [0.4, 0.5) is 19.0 Å². The zero-order valence-corrected chi connectivity index (χ0v) is 31.0. The van der Waals surface area contributed by atoms with Crippen molar-refractivity contribution in [2.75, 3.05) is 44.2 Å². The van der Waals surface area contributed by atoms with Gasteiger partial charge in [0, 0.05) is 85.5 Å². The zero-order valence-electron chi connectivity index (χ0n) is 30.2. The fourth-order valence-electron chi connectivity index (χ4n) is 8.64. The predicted molar refractivity (Wildman–Crippen MR) is 199 cm³/mol. The molecule has 0 bridgehead atoms. The molecule has 2 unspecified atom stereocenters. The molecule has 6 heterocycles. The van der Waals surface area contributed by atoms with Crippen LogP contribution in [0.1, 0.15) is 67.1 Å². The van der Waals surface area contributed by atoms with Crippen molar-refractivity contribution >= 4 is 44.2 Å². The molecule has 13 heteroatoms. The molecule has 1 aromatic carbocycles. The first-order chi connectivity index (χ1) is 24.9. The number of hydrogen-bond donors (Lipinski definition) is 1. The lowest BCUT2D eigenvalue weighted by atomic mass is 9.86. The van der Waals surface area contributed by atoms with E-state index in [0.29, 0.717) is 29.3 Å². The van der Waals surface area contributed by atoms with Crippen LogP contribution in [0.3, 0.4) is 0 Å². The Bertz CT molecular complexity index is 2020. The second-order valence-electron chi connectivity index (χ2n) is 15.1. The lowest BCUT2D eigenvalue weighted by Crippen LogP contribution is -2.48. The van der Waals surface area contributed by atoms with Gasteiger partial charge < -0.3 is 14.8 Å². The number of rotatable bonds is 10. The summed E-state index contributed by atoms with van der Waals surface area (Å²) in [4.78, 5) is 29.4. The number of benzene rings is 1. The second kappa shape index (κ2) is 14.4. The number of amides is 1. The number of thiophene rings is 1. The maximum atomic E-state index is 13.2. The molecule has 1 amide bonds. The van der Waals surface area contributed by atoms with Crippen molar-refractivity contribution in [3.8, 4) is 6.07 Å². The van der Waals surface area contributed by atoms with Crippen LogP contribution >= 0.6 is 11.3 Å². The second-order valence-corrected chi connectivity index (χ2v) is 16.2. The number of fused-ring (bicyclic) bond motifs is 2. The third-order valence-electron chi connectivity index (χ3n) is 11.5. The number of nitrogens with one attached hydrogen (secondary N) is 1. The van der Waals surface area contributed by atoms with E-state index < -0.39 is 12.6 Å². The highest BCUT2D eigenvalue weighted by Crippen LogP contribution is 2.44. The van der Waals surface area contributed by atoms with Crippen LogP contribution in [0.15, 0.2) is 36.9 Å². The fraction of sp³-hybridized carbons (Fsp3) is 0.538. The van der Waals surface area contributed by atoms with E-state index in [1.807, 2.05) is 13.0 Å². The topological polar surface area (TPSA) is 93.3 Å². The summed E-state index contributed by atoms with van der Waals surface area (Å²) in [6.45, 7) is 16.8. The van der Waals surface area contributed by atoms with Crippen LogP contribution in [-0.4, -0.2) is 87.8 Å². The van der Waals surface area contributed by atoms with E-state index in [1.54, 1.807) is 6.07 Å². The number of alkyl halides is 3. The number of anilines is 1. The average molecular weight is 733 g/mol. The normalized spacial score (nSPS) is 21.1. The summed E-state index contributed by atoms with van der Waals surface area (Å²) in [6.07, 6.45) is 0.610. The number of piperidine rings is 1. The molecule has 3 aromatic heterocycles. The van der Waals surface area contributed by atoms with Gasteiger partial charge in [0.15, 0.2) is 0 Å². The first kappa shape index (κ1) is 36.4. The van der Waals surface area contributed by atoms with E-state index in [2.05, 4.69) is 68.2 Å². The van der Waals surface area contributed by atoms with Gasteiger partial charge in [0.2, 0.25) is 5.91 Å². The minimum absolute atomic E-state index is 0.103. The van der Waals surface area contributed by atoms with Gasteiger partial charge in [-0.2, -0.15) is 18.4 Å². The van der Waals surface area contributed by atoms with Gasteiger partial charge in [0.25, 0.3) is 0 Å². The molecule has 3 aliphatic heterocycles. The molecule has 0 radical (unpaired) electrons. The monoisotopic (exact) mass is 732 g/mol. The smallest absolute Gasteiger partial charge is 0.355 e. The fourth-order valence-corrected chi connectivity index (χ4v) is 9.71. The lowest BCUT2D eigenvalue weighted by Gasteiger charge is -2.36. The van der Waals surface area contributed by atoms with Crippen LogP contribution in [0.5, 0.6) is 0 Å². The van der Waals surface area contributed by atoms with Gasteiger partial charge >= 0.3 is 6.18 Å². The Balaban J connectivity index is 1.02. The van der Waals surface area contributed by atoms with Gasteiger partial charge in [-0.05, 0) is 81.5 Å². The molecule has 4 aromatic rings. The van der Waals surface area contributed by atoms with E-state index in [-0.39, 0.29) is 28.3 Å². The van der Waals surface area contributed by atoms with E-state index in [1.165, 1.54) is 17.2 Å². The molecule has 0 saturated carbocycles. The molecule has 2 atom stereocenters. The quantitative estimate of drug-likeness (QED) is 0.181. The lowest BCUT2D eigenvalue weighted by molar-refractivity contribution is -0.126. The summed E-state index contributed by atoms with van der Waals surface area (Å²) in [5.74, 6) is 1.32. The van der Waals surface area contributed by atoms with Crippen molar-refractivity contribution < 1.29 is 18.0 Å². The molecule has 3 fully saturated rings. The summed E-state index contributed by atoms with van der Waals surface area (Å²) in [5, 5.41) is 15.0. The van der Waals surface area contributed by atoms with Gasteiger partial charge in [-0.1, -0.05) is 19.6 Å². The molecule has 1 N–H and O–H groups in total. The highest BCUT2D eigenvalue weighted by molar-refractivity contribution is 7.18. The van der Waals surface area contributed by atoms with Crippen molar-refractivity contribution in [3.05, 3.63) is 64.4 Å². The van der Waals surface area contributed by atoms with Crippen LogP contribution in [0, 0.1) is 23.7 Å². The van der Waals surface area contributed by atoms with Crippen LogP contribution in [0.2, 0.25) is 0 Å². The number of likely N-dealkylation sites (tertiary alicyclic amines) is 2. The van der Waals surface area contributed by atoms with Gasteiger partial charge in [0.05, 0.1) is 11.8 Å². The Labute approximate surface area is 307 Å². The number of aryl methyl sites for hydroxylation is 2. The molecule has 9 nitrogen and oxygen atoms in total. The van der Waals surface area contributed by atoms with E-state index >= 15 is 0 Å². The summed E-state index contributed by atoms with van der Waals surface area (Å²) < 4.78 is 41.9. The Kier molecular flexibility index (Phi) is 10.1. The molecular weight excluding hydrogens is 686 g/mol. The number of nitrogens with zero attached hydrogens (tertiary/aromatic N) is 7. The summed E-state index contributed by atoms with van der Waals surface area (Å²) in [6, 6.07) is 10.9. The average Bonchev–Trinajstić information content (AvgIpc) is 3.90. The standard InChI is InChI=1S/C39H47F3N8OS/c1-5-34-45-36(32-18-30(19-39(40,41)42)52-37(32)46-34)49-16-12-38(24-49)11-15-47(23-38)22-27-7-8-33-31(26(27)4)17-29(20-43)50(33)21-25(3)48-13-9-28(10-14-48)44-35(51)6-2/h6-8,17-18,25,28H,2,5,9-16,19,21-24H2,1,3-4H3,(H,44,51). The maximum absolute atomic E-state index is 13.2. The van der Waals surface area contributed by atoms with Gasteiger partial charge in [-0.3, -0.25) is 14.6 Å². The number of carbonyl (C=O) groups is 1. The van der Waals surface area contributed by atoms with Crippen molar-refractivity contribution in [1.82, 2.24) is 29.7 Å². The highest BCUT2D eigenvalue weighted by atomic mass is 32.1. The van der Waals surface area contributed by atoms with Crippen molar-refractivity contribution in [1.29, 1.82) is 5.26 Å². The number of aromatic nitrogens is 3. The van der Waals surface area contributed by atoms with Crippen molar-refractivity contribution in [2.45, 2.75) is 90.6 Å². The van der Waals surface area contributed by atoms with Gasteiger partial charge in [0.1, 0.15) is 28.2 Å². The van der Waals surface area contributed by atoms with Crippen LogP contribution in [0.25, 0.3) is 21.1 Å². The van der Waals surface area contributed by atoms with Gasteiger partial charge in [-0.15, -0.1) is 11.3 Å². The van der Waals surface area contributed by atoms with E-state index in [9.17, 15) is 23.2 Å². The molecule has 7 rings (SSSR count). The molecule has 3 aliphatic rings. The van der Waals surface area contributed by atoms with Crippen LogP contribution < -0.4 is 10.2 Å². The Morgan fingerprint density at radius 3 is 2.63 bits per heavy atom. The first-order valence-corrected chi connectivity index (χ1v) is 19.2. The molecule has 52 heavy (non-hydrogen) atoms. The SMILES string of the molecule is C=CC(=O)NC1CCN(C(C)Cn2c(C#N)cc3c(C)c(CN4CCC5(CCN(c6nc(CC)nc7sc(CC(F)(F)F)cc67)C5)C4)ccc32)CC1. The summed E-state index contributed by atoms with van der Waals surface area (Å²) in [5.41, 5.74) is 4.32. The highest BCUT2D eigenvalue weighted by Gasteiger charge is 2.44. The summed E-state index contributed by atoms with van der Waals surface area (Å²) >= 11 is 1.13. The third-order valence-corrected chi connectivity index (χ3v) is 12.6. The Morgan fingerprint density at radius 1 is 1.15 bits per heavy atom. The Morgan fingerprint density at radius 2 is 1.92 bits per heavy atom. The maximum Gasteiger partial charge on any atom is 0.393 e. The Hall–Kier alpha value is -3.99.